The topological polar surface area (TPSA) is 3.24 Å². The molecular formula is C23H31F2N. The van der Waals surface area contributed by atoms with Gasteiger partial charge in [0.2, 0.25) is 0 Å². The lowest BCUT2D eigenvalue weighted by molar-refractivity contribution is 0.258. The number of hydrogen-bond acceptors (Lipinski definition) is 1. The predicted octanol–water partition coefficient (Wildman–Crippen LogP) is 6.57. The molecule has 0 saturated carbocycles. The highest BCUT2D eigenvalue weighted by molar-refractivity contribution is 5.18. The number of hydrogen-bond donors (Lipinski definition) is 0. The Balaban J connectivity index is 1.85. The second kappa shape index (κ2) is 10.9. The average Bonchev–Trinajstić information content (AvgIpc) is 2.63. The lowest BCUT2D eigenvalue weighted by Gasteiger charge is -2.37. The summed E-state index contributed by atoms with van der Waals surface area (Å²) < 4.78 is 26.2. The standard InChI is InChI=1S/C23H31F2N/c1-3-4-5-6-9-17-26-19(2)11-10-14-21(26)13-8-7-12-20-15-16-22(24)23(25)18-20/h6,8-9,13,15-16,18,21H,2-5,7,10-12,14,17H2,1H3/b9-6-,13-8+. The molecule has 2 rings (SSSR count). The zero-order chi connectivity index (χ0) is 18.8. The van der Waals surface area contributed by atoms with Crippen molar-refractivity contribution in [1.82, 2.24) is 4.90 Å². The van der Waals surface area contributed by atoms with Gasteiger partial charge in [-0.05, 0) is 56.2 Å². The van der Waals surface area contributed by atoms with Crippen LogP contribution >= 0.6 is 0 Å². The van der Waals surface area contributed by atoms with Crippen LogP contribution in [0.15, 0.2) is 54.8 Å². The van der Waals surface area contributed by atoms with Gasteiger partial charge in [-0.1, -0.05) is 56.7 Å². The van der Waals surface area contributed by atoms with Crippen LogP contribution in [-0.4, -0.2) is 17.5 Å². The van der Waals surface area contributed by atoms with E-state index in [0.717, 1.165) is 44.2 Å². The van der Waals surface area contributed by atoms with Gasteiger partial charge in [0.05, 0.1) is 0 Å². The smallest absolute Gasteiger partial charge is 0.159 e. The van der Waals surface area contributed by atoms with Crippen molar-refractivity contribution in [3.05, 3.63) is 72.0 Å². The van der Waals surface area contributed by atoms with E-state index in [0.29, 0.717) is 6.04 Å². The van der Waals surface area contributed by atoms with Gasteiger partial charge < -0.3 is 4.90 Å². The van der Waals surface area contributed by atoms with Crippen LogP contribution in [0.5, 0.6) is 0 Å². The van der Waals surface area contributed by atoms with Crippen LogP contribution in [-0.2, 0) is 6.42 Å². The van der Waals surface area contributed by atoms with Crippen molar-refractivity contribution in [1.29, 1.82) is 0 Å². The Hall–Kier alpha value is -1.90. The third-order valence-corrected chi connectivity index (χ3v) is 4.91. The lowest BCUT2D eigenvalue weighted by atomic mass is 9.98. The number of allylic oxidation sites excluding steroid dienone is 3. The molecule has 0 amide bonds. The van der Waals surface area contributed by atoms with E-state index in [9.17, 15) is 8.78 Å². The Labute approximate surface area is 157 Å². The molecule has 0 aliphatic carbocycles. The number of likely N-dealkylation sites (tertiary alicyclic amines) is 1. The van der Waals surface area contributed by atoms with Gasteiger partial charge in [0.15, 0.2) is 11.6 Å². The van der Waals surface area contributed by atoms with Crippen molar-refractivity contribution in [3.8, 4) is 0 Å². The normalized spacial score (nSPS) is 18.3. The highest BCUT2D eigenvalue weighted by Crippen LogP contribution is 2.25. The number of halogens is 2. The van der Waals surface area contributed by atoms with E-state index in [-0.39, 0.29) is 0 Å². The van der Waals surface area contributed by atoms with E-state index in [4.69, 9.17) is 0 Å². The summed E-state index contributed by atoms with van der Waals surface area (Å²) in [6.45, 7) is 7.36. The van der Waals surface area contributed by atoms with Crippen molar-refractivity contribution in [2.24, 2.45) is 0 Å². The summed E-state index contributed by atoms with van der Waals surface area (Å²) in [6, 6.07) is 4.53. The molecule has 0 spiro atoms. The second-order valence-corrected chi connectivity index (χ2v) is 7.01. The largest absolute Gasteiger partial charge is 0.365 e. The SMILES string of the molecule is C=C1CCCC(/C=C/CCc2ccc(F)c(F)c2)N1C/C=C\CCCC. The molecule has 1 atom stereocenters. The van der Waals surface area contributed by atoms with Gasteiger partial charge in [0.25, 0.3) is 0 Å². The number of rotatable bonds is 9. The van der Waals surface area contributed by atoms with Crippen molar-refractivity contribution in [2.75, 3.05) is 6.54 Å². The number of aryl methyl sites for hydroxylation is 1. The van der Waals surface area contributed by atoms with Crippen molar-refractivity contribution < 1.29 is 8.78 Å². The first-order chi connectivity index (χ1) is 12.6. The van der Waals surface area contributed by atoms with Gasteiger partial charge >= 0.3 is 0 Å². The summed E-state index contributed by atoms with van der Waals surface area (Å²) in [4.78, 5) is 2.39. The quantitative estimate of drug-likeness (QED) is 0.356. The van der Waals surface area contributed by atoms with Crippen LogP contribution in [0.1, 0.15) is 57.4 Å². The maximum Gasteiger partial charge on any atom is 0.159 e. The predicted molar refractivity (Wildman–Crippen MR) is 106 cm³/mol. The molecule has 1 aromatic rings. The summed E-state index contributed by atoms with van der Waals surface area (Å²) in [5.74, 6) is -1.55. The van der Waals surface area contributed by atoms with Crippen molar-refractivity contribution >= 4 is 0 Å². The van der Waals surface area contributed by atoms with Gasteiger partial charge in [0.1, 0.15) is 0 Å². The summed E-state index contributed by atoms with van der Waals surface area (Å²) in [6.07, 6.45) is 17.5. The summed E-state index contributed by atoms with van der Waals surface area (Å²) in [5.41, 5.74) is 2.05. The van der Waals surface area contributed by atoms with Gasteiger partial charge in [-0.3, -0.25) is 0 Å². The van der Waals surface area contributed by atoms with Gasteiger partial charge in [-0.15, -0.1) is 0 Å². The van der Waals surface area contributed by atoms with Gasteiger partial charge in [-0.25, -0.2) is 8.78 Å². The number of benzene rings is 1. The average molecular weight is 360 g/mol. The van der Waals surface area contributed by atoms with E-state index in [1.807, 2.05) is 0 Å². The molecule has 26 heavy (non-hydrogen) atoms. The van der Waals surface area contributed by atoms with Crippen LogP contribution in [0, 0.1) is 11.6 Å². The van der Waals surface area contributed by atoms with Crippen LogP contribution in [0.2, 0.25) is 0 Å². The molecule has 0 radical (unpaired) electrons. The second-order valence-electron chi connectivity index (χ2n) is 7.01. The molecule has 1 aromatic carbocycles. The minimum absolute atomic E-state index is 0.386. The van der Waals surface area contributed by atoms with Gasteiger partial charge in [-0.2, -0.15) is 0 Å². The zero-order valence-electron chi connectivity index (χ0n) is 15.9. The van der Waals surface area contributed by atoms with Gasteiger partial charge in [0, 0.05) is 18.3 Å². The van der Waals surface area contributed by atoms with Crippen LogP contribution in [0.4, 0.5) is 8.78 Å². The first kappa shape index (κ1) is 20.4. The van der Waals surface area contributed by atoms with Crippen molar-refractivity contribution in [3.63, 3.8) is 0 Å². The summed E-state index contributed by atoms with van der Waals surface area (Å²) in [5, 5.41) is 0. The molecule has 1 aliphatic rings. The van der Waals surface area contributed by atoms with Crippen LogP contribution in [0.25, 0.3) is 0 Å². The maximum absolute atomic E-state index is 13.3. The molecule has 142 valence electrons. The molecule has 1 heterocycles. The molecule has 1 aliphatic heterocycles. The molecule has 1 fully saturated rings. The Bertz CT molecular complexity index is 633. The molecule has 0 bridgehead atoms. The molecule has 1 unspecified atom stereocenters. The number of nitrogens with zero attached hydrogens (tertiary/aromatic N) is 1. The highest BCUT2D eigenvalue weighted by Gasteiger charge is 2.20. The minimum atomic E-state index is -0.785. The Morgan fingerprint density at radius 3 is 2.77 bits per heavy atom. The molecular weight excluding hydrogens is 328 g/mol. The van der Waals surface area contributed by atoms with E-state index < -0.39 is 11.6 Å². The number of piperidine rings is 1. The molecule has 3 heteroatoms. The zero-order valence-corrected chi connectivity index (χ0v) is 15.9. The first-order valence-corrected chi connectivity index (χ1v) is 9.81. The van der Waals surface area contributed by atoms with Crippen LogP contribution in [0.3, 0.4) is 0 Å². The Morgan fingerprint density at radius 2 is 2.00 bits per heavy atom. The van der Waals surface area contributed by atoms with E-state index in [1.165, 1.54) is 37.1 Å². The van der Waals surface area contributed by atoms with E-state index in [2.05, 4.69) is 42.7 Å². The monoisotopic (exact) mass is 359 g/mol. The summed E-state index contributed by atoms with van der Waals surface area (Å²) in [7, 11) is 0. The minimum Gasteiger partial charge on any atom is -0.365 e. The fourth-order valence-electron chi connectivity index (χ4n) is 3.34. The Kier molecular flexibility index (Phi) is 8.60. The first-order valence-electron chi connectivity index (χ1n) is 9.81. The molecule has 0 aromatic heterocycles. The third kappa shape index (κ3) is 6.44. The third-order valence-electron chi connectivity index (χ3n) is 4.91. The van der Waals surface area contributed by atoms with E-state index >= 15 is 0 Å². The fourth-order valence-corrected chi connectivity index (χ4v) is 3.34. The molecule has 1 saturated heterocycles. The highest BCUT2D eigenvalue weighted by atomic mass is 19.2. The lowest BCUT2D eigenvalue weighted by Crippen LogP contribution is -2.36. The Morgan fingerprint density at radius 1 is 1.15 bits per heavy atom. The molecule has 0 N–H and O–H groups in total. The fraction of sp³-hybridized carbons (Fsp3) is 0.478. The van der Waals surface area contributed by atoms with Crippen molar-refractivity contribution in [2.45, 2.75) is 64.3 Å². The van der Waals surface area contributed by atoms with E-state index in [1.54, 1.807) is 6.07 Å². The van der Waals surface area contributed by atoms with Crippen LogP contribution < -0.4 is 0 Å². The maximum atomic E-state index is 13.3. The number of unbranched alkanes of at least 4 members (excludes halogenated alkanes) is 2. The summed E-state index contributed by atoms with van der Waals surface area (Å²) >= 11 is 0. The molecule has 1 nitrogen and oxygen atoms in total.